The minimum absolute atomic E-state index is 0.0914. The van der Waals surface area contributed by atoms with E-state index in [4.69, 9.17) is 0 Å². The van der Waals surface area contributed by atoms with Crippen LogP contribution in [-0.2, 0) is 4.79 Å². The van der Waals surface area contributed by atoms with E-state index in [1.807, 2.05) is 38.1 Å². The first-order valence-electron chi connectivity index (χ1n) is 6.94. The number of hydrogen-bond donors (Lipinski definition) is 1. The van der Waals surface area contributed by atoms with Crippen molar-refractivity contribution in [1.82, 2.24) is 25.1 Å². The zero-order chi connectivity index (χ0) is 15.0. The summed E-state index contributed by atoms with van der Waals surface area (Å²) in [4.78, 5) is 11.4. The van der Waals surface area contributed by atoms with Crippen LogP contribution >= 0.6 is 0 Å². The molecule has 0 radical (unpaired) electrons. The largest absolute Gasteiger partial charge is 0.346 e. The van der Waals surface area contributed by atoms with Crippen molar-refractivity contribution in [2.75, 3.05) is 0 Å². The number of aromatic nitrogens is 4. The molecule has 6 nitrogen and oxygen atoms in total. The summed E-state index contributed by atoms with van der Waals surface area (Å²) in [7, 11) is 0. The second-order valence-electron chi connectivity index (χ2n) is 5.45. The summed E-state index contributed by atoms with van der Waals surface area (Å²) < 4.78 is 1.71. The quantitative estimate of drug-likeness (QED) is 0.799. The molecule has 3 aromatic rings. The predicted octanol–water partition coefficient (Wildman–Crippen LogP) is 2.11. The molecule has 1 aromatic carbocycles. The van der Waals surface area contributed by atoms with Gasteiger partial charge in [-0.1, -0.05) is 38.1 Å². The Hall–Kier alpha value is -2.50. The van der Waals surface area contributed by atoms with Gasteiger partial charge in [-0.25, -0.2) is 0 Å². The monoisotopic (exact) mass is 283 g/mol. The topological polar surface area (TPSA) is 72.2 Å². The number of carbonyl (C=O) groups is 1. The standard InChI is InChI=1S/C15H17N5O/c1-9(2)13(17-10(3)21)15-19-18-14-12-7-5-4-6-11(12)8-16-20(14)15/h4-9,13H,1-3H3,(H,17,21)/t13-/m0/s1. The van der Waals surface area contributed by atoms with E-state index in [2.05, 4.69) is 20.6 Å². The summed E-state index contributed by atoms with van der Waals surface area (Å²) in [6.45, 7) is 5.56. The molecule has 0 fully saturated rings. The van der Waals surface area contributed by atoms with Crippen LogP contribution in [0.25, 0.3) is 16.4 Å². The molecule has 0 spiro atoms. The molecule has 0 unspecified atom stereocenters. The summed E-state index contributed by atoms with van der Waals surface area (Å²) in [6.07, 6.45) is 1.79. The van der Waals surface area contributed by atoms with E-state index in [1.165, 1.54) is 6.92 Å². The van der Waals surface area contributed by atoms with Crippen molar-refractivity contribution >= 4 is 22.3 Å². The average Bonchev–Trinajstić information content (AvgIpc) is 2.88. The highest BCUT2D eigenvalue weighted by atomic mass is 16.1. The molecule has 1 atom stereocenters. The Morgan fingerprint density at radius 2 is 2.00 bits per heavy atom. The second-order valence-corrected chi connectivity index (χ2v) is 5.45. The van der Waals surface area contributed by atoms with Crippen molar-refractivity contribution < 1.29 is 4.79 Å². The summed E-state index contributed by atoms with van der Waals surface area (Å²) in [5.74, 6) is 0.752. The maximum atomic E-state index is 11.4. The van der Waals surface area contributed by atoms with E-state index in [9.17, 15) is 4.79 Å². The van der Waals surface area contributed by atoms with Gasteiger partial charge in [-0.3, -0.25) is 4.79 Å². The highest BCUT2D eigenvalue weighted by Crippen LogP contribution is 2.23. The van der Waals surface area contributed by atoms with Crippen LogP contribution in [0, 0.1) is 5.92 Å². The Bertz CT molecular complexity index is 808. The summed E-state index contributed by atoms with van der Waals surface area (Å²) in [5.41, 5.74) is 0.708. The van der Waals surface area contributed by atoms with Gasteiger partial charge in [0, 0.05) is 17.7 Å². The molecule has 1 N–H and O–H groups in total. The minimum atomic E-state index is -0.217. The molecule has 0 saturated heterocycles. The van der Waals surface area contributed by atoms with Gasteiger partial charge in [-0.15, -0.1) is 10.2 Å². The van der Waals surface area contributed by atoms with Crippen LogP contribution in [-0.4, -0.2) is 25.7 Å². The van der Waals surface area contributed by atoms with Gasteiger partial charge >= 0.3 is 0 Å². The van der Waals surface area contributed by atoms with E-state index < -0.39 is 0 Å². The van der Waals surface area contributed by atoms with Crippen LogP contribution in [0.3, 0.4) is 0 Å². The maximum absolute atomic E-state index is 11.4. The van der Waals surface area contributed by atoms with Crippen LogP contribution in [0.2, 0.25) is 0 Å². The molecule has 1 amide bonds. The minimum Gasteiger partial charge on any atom is -0.346 e. The van der Waals surface area contributed by atoms with Gasteiger partial charge in [-0.2, -0.15) is 9.61 Å². The van der Waals surface area contributed by atoms with E-state index in [-0.39, 0.29) is 17.9 Å². The number of carbonyl (C=O) groups excluding carboxylic acids is 1. The average molecular weight is 283 g/mol. The van der Waals surface area contributed by atoms with Crippen molar-refractivity contribution in [1.29, 1.82) is 0 Å². The molecule has 6 heteroatoms. The molecular formula is C15H17N5O. The van der Waals surface area contributed by atoms with Crippen molar-refractivity contribution in [3.8, 4) is 0 Å². The van der Waals surface area contributed by atoms with Gasteiger partial charge in [0.25, 0.3) is 0 Å². The van der Waals surface area contributed by atoms with Gasteiger partial charge in [0.05, 0.1) is 12.2 Å². The van der Waals surface area contributed by atoms with Crippen LogP contribution in [0.5, 0.6) is 0 Å². The van der Waals surface area contributed by atoms with Crippen LogP contribution in [0.15, 0.2) is 30.5 Å². The Labute approximate surface area is 122 Å². The van der Waals surface area contributed by atoms with Gasteiger partial charge in [-0.05, 0) is 5.92 Å². The molecular weight excluding hydrogens is 266 g/mol. The van der Waals surface area contributed by atoms with Crippen molar-refractivity contribution in [3.63, 3.8) is 0 Å². The molecule has 3 rings (SSSR count). The van der Waals surface area contributed by atoms with Crippen molar-refractivity contribution in [3.05, 3.63) is 36.3 Å². The van der Waals surface area contributed by atoms with Crippen LogP contribution in [0.4, 0.5) is 0 Å². The molecule has 2 aromatic heterocycles. The van der Waals surface area contributed by atoms with E-state index >= 15 is 0 Å². The first-order valence-corrected chi connectivity index (χ1v) is 6.94. The van der Waals surface area contributed by atoms with Crippen LogP contribution in [0.1, 0.15) is 32.6 Å². The summed E-state index contributed by atoms with van der Waals surface area (Å²) in [5, 5.41) is 17.9. The lowest BCUT2D eigenvalue weighted by atomic mass is 10.0. The highest BCUT2D eigenvalue weighted by molar-refractivity contribution is 5.92. The highest BCUT2D eigenvalue weighted by Gasteiger charge is 2.23. The summed E-state index contributed by atoms with van der Waals surface area (Å²) >= 11 is 0. The molecule has 0 bridgehead atoms. The van der Waals surface area contributed by atoms with Crippen molar-refractivity contribution in [2.24, 2.45) is 5.92 Å². The molecule has 0 saturated carbocycles. The lowest BCUT2D eigenvalue weighted by molar-refractivity contribution is -0.120. The maximum Gasteiger partial charge on any atom is 0.217 e. The van der Waals surface area contributed by atoms with Gasteiger partial charge in [0.15, 0.2) is 11.5 Å². The number of rotatable bonds is 3. The zero-order valence-electron chi connectivity index (χ0n) is 12.2. The van der Waals surface area contributed by atoms with Gasteiger partial charge in [0.1, 0.15) is 0 Å². The number of fused-ring (bicyclic) bond motifs is 3. The number of nitrogens with one attached hydrogen (secondary N) is 1. The Kier molecular flexibility index (Phi) is 3.29. The Balaban J connectivity index is 2.19. The number of amides is 1. The third-order valence-corrected chi connectivity index (χ3v) is 3.48. The van der Waals surface area contributed by atoms with Crippen LogP contribution < -0.4 is 5.32 Å². The van der Waals surface area contributed by atoms with E-state index in [0.29, 0.717) is 11.5 Å². The molecule has 108 valence electrons. The number of nitrogens with zero attached hydrogens (tertiary/aromatic N) is 4. The SMILES string of the molecule is CC(=O)N[C@H](c1nnc2c3ccccc3cnn12)C(C)C. The molecule has 2 heterocycles. The third-order valence-electron chi connectivity index (χ3n) is 3.48. The second kappa shape index (κ2) is 5.12. The smallest absolute Gasteiger partial charge is 0.217 e. The Morgan fingerprint density at radius 1 is 1.24 bits per heavy atom. The van der Waals surface area contributed by atoms with Gasteiger partial charge in [0.2, 0.25) is 5.91 Å². The first-order chi connectivity index (χ1) is 10.1. The van der Waals surface area contributed by atoms with E-state index in [1.54, 1.807) is 10.7 Å². The third kappa shape index (κ3) is 2.33. The molecule has 0 aliphatic rings. The fourth-order valence-electron chi connectivity index (χ4n) is 2.45. The first kappa shape index (κ1) is 13.5. The lowest BCUT2D eigenvalue weighted by Gasteiger charge is -2.19. The molecule has 0 aliphatic heterocycles. The zero-order valence-corrected chi connectivity index (χ0v) is 12.2. The summed E-state index contributed by atoms with van der Waals surface area (Å²) in [6, 6.07) is 7.69. The fourth-order valence-corrected chi connectivity index (χ4v) is 2.45. The predicted molar refractivity (Wildman–Crippen MR) is 79.7 cm³/mol. The lowest BCUT2D eigenvalue weighted by Crippen LogP contribution is -2.31. The molecule has 21 heavy (non-hydrogen) atoms. The molecule has 0 aliphatic carbocycles. The van der Waals surface area contributed by atoms with Crippen molar-refractivity contribution in [2.45, 2.75) is 26.8 Å². The Morgan fingerprint density at radius 3 is 2.71 bits per heavy atom. The van der Waals surface area contributed by atoms with E-state index in [0.717, 1.165) is 10.8 Å². The normalized spacial score (nSPS) is 13.0. The number of hydrogen-bond acceptors (Lipinski definition) is 4. The fraction of sp³-hybridized carbons (Fsp3) is 0.333. The number of benzene rings is 1. The van der Waals surface area contributed by atoms with Gasteiger partial charge < -0.3 is 5.32 Å².